The lowest BCUT2D eigenvalue weighted by Gasteiger charge is -1.95. The molecule has 0 radical (unpaired) electrons. The van der Waals surface area contributed by atoms with E-state index in [1.54, 1.807) is 11.4 Å². The van der Waals surface area contributed by atoms with Crippen molar-refractivity contribution in [3.63, 3.8) is 0 Å². The van der Waals surface area contributed by atoms with Crippen molar-refractivity contribution in [2.75, 3.05) is 0 Å². The van der Waals surface area contributed by atoms with Gasteiger partial charge in [0.05, 0.1) is 4.92 Å². The summed E-state index contributed by atoms with van der Waals surface area (Å²) in [5.41, 5.74) is 0.907. The van der Waals surface area contributed by atoms with Crippen LogP contribution in [0, 0.1) is 10.1 Å². The van der Waals surface area contributed by atoms with Crippen molar-refractivity contribution in [2.24, 2.45) is 0 Å². The molecule has 3 nitrogen and oxygen atoms in total. The standard InChI is InChI=1S/C6H7NO2S2/c1-4(10)5-2-6(7(8)9)11-3-5/h2-4,10H,1H3. The zero-order valence-electron chi connectivity index (χ0n) is 5.85. The lowest BCUT2D eigenvalue weighted by Crippen LogP contribution is -1.82. The highest BCUT2D eigenvalue weighted by molar-refractivity contribution is 7.80. The molecule has 1 atom stereocenters. The minimum absolute atomic E-state index is 0.0694. The van der Waals surface area contributed by atoms with E-state index in [0.717, 1.165) is 16.9 Å². The van der Waals surface area contributed by atoms with Crippen LogP contribution in [-0.2, 0) is 0 Å². The molecule has 0 aromatic carbocycles. The van der Waals surface area contributed by atoms with E-state index in [4.69, 9.17) is 0 Å². The summed E-state index contributed by atoms with van der Waals surface area (Å²) in [5.74, 6) is 0. The molecule has 0 aliphatic heterocycles. The first kappa shape index (κ1) is 8.55. The van der Waals surface area contributed by atoms with E-state index >= 15 is 0 Å². The van der Waals surface area contributed by atoms with Gasteiger partial charge in [0, 0.05) is 16.7 Å². The summed E-state index contributed by atoms with van der Waals surface area (Å²) in [7, 11) is 0. The molecular weight excluding hydrogens is 182 g/mol. The van der Waals surface area contributed by atoms with Crippen molar-refractivity contribution in [3.05, 3.63) is 27.1 Å². The van der Waals surface area contributed by atoms with Crippen LogP contribution in [0.1, 0.15) is 17.7 Å². The largest absolute Gasteiger partial charge is 0.324 e. The van der Waals surface area contributed by atoms with Gasteiger partial charge in [-0.1, -0.05) is 11.3 Å². The van der Waals surface area contributed by atoms with Gasteiger partial charge in [0.25, 0.3) is 0 Å². The Labute approximate surface area is 73.6 Å². The molecule has 0 aliphatic carbocycles. The third-order valence-corrected chi connectivity index (χ3v) is 2.46. The van der Waals surface area contributed by atoms with Crippen LogP contribution in [0.2, 0.25) is 0 Å². The molecule has 0 saturated carbocycles. The van der Waals surface area contributed by atoms with Crippen molar-refractivity contribution in [1.29, 1.82) is 0 Å². The summed E-state index contributed by atoms with van der Waals surface area (Å²) >= 11 is 5.29. The van der Waals surface area contributed by atoms with Crippen molar-refractivity contribution < 1.29 is 4.92 Å². The van der Waals surface area contributed by atoms with Gasteiger partial charge in [0.15, 0.2) is 0 Å². The number of rotatable bonds is 2. The first-order chi connectivity index (χ1) is 5.11. The molecule has 1 unspecified atom stereocenters. The van der Waals surface area contributed by atoms with E-state index in [-0.39, 0.29) is 15.2 Å². The van der Waals surface area contributed by atoms with Gasteiger partial charge in [-0.25, -0.2) is 0 Å². The van der Waals surface area contributed by atoms with Crippen molar-refractivity contribution in [3.8, 4) is 0 Å². The molecule has 1 heterocycles. The van der Waals surface area contributed by atoms with Crippen LogP contribution in [0.3, 0.4) is 0 Å². The van der Waals surface area contributed by atoms with Gasteiger partial charge in [0.2, 0.25) is 0 Å². The van der Waals surface area contributed by atoms with Crippen LogP contribution in [0.4, 0.5) is 5.00 Å². The fourth-order valence-corrected chi connectivity index (χ4v) is 1.72. The zero-order chi connectivity index (χ0) is 8.43. The molecule has 0 N–H and O–H groups in total. The molecule has 1 aromatic rings. The summed E-state index contributed by atoms with van der Waals surface area (Å²) in [6.45, 7) is 1.88. The highest BCUT2D eigenvalue weighted by Gasteiger charge is 2.11. The average Bonchev–Trinajstić information content (AvgIpc) is 2.33. The molecule has 11 heavy (non-hydrogen) atoms. The number of nitro groups is 1. The van der Waals surface area contributed by atoms with E-state index in [1.807, 2.05) is 6.92 Å². The third kappa shape index (κ3) is 1.94. The summed E-state index contributed by atoms with van der Waals surface area (Å²) in [5, 5.41) is 12.2. The monoisotopic (exact) mass is 189 g/mol. The predicted octanol–water partition coefficient (Wildman–Crippen LogP) is 2.65. The molecule has 0 bridgehead atoms. The maximum atomic E-state index is 10.2. The molecule has 0 amide bonds. The van der Waals surface area contributed by atoms with Gasteiger partial charge in [-0.3, -0.25) is 10.1 Å². The highest BCUT2D eigenvalue weighted by atomic mass is 32.1. The lowest BCUT2D eigenvalue weighted by molar-refractivity contribution is -0.380. The van der Waals surface area contributed by atoms with E-state index in [0.29, 0.717) is 0 Å². The Bertz CT molecular complexity index is 269. The van der Waals surface area contributed by atoms with Gasteiger partial charge in [-0.15, -0.1) is 0 Å². The Balaban J connectivity index is 2.90. The van der Waals surface area contributed by atoms with Crippen LogP contribution in [0.5, 0.6) is 0 Å². The predicted molar refractivity (Wildman–Crippen MR) is 48.4 cm³/mol. The van der Waals surface area contributed by atoms with Crippen molar-refractivity contribution in [1.82, 2.24) is 0 Å². The maximum Gasteiger partial charge on any atom is 0.324 e. The molecule has 5 heteroatoms. The second kappa shape index (κ2) is 3.23. The molecule has 0 saturated heterocycles. The quantitative estimate of drug-likeness (QED) is 0.441. The number of hydrogen-bond acceptors (Lipinski definition) is 4. The summed E-state index contributed by atoms with van der Waals surface area (Å²) in [6.07, 6.45) is 0. The van der Waals surface area contributed by atoms with Crippen molar-refractivity contribution in [2.45, 2.75) is 12.2 Å². The minimum Gasteiger partial charge on any atom is -0.258 e. The molecule has 0 fully saturated rings. The number of thiophene rings is 1. The smallest absolute Gasteiger partial charge is 0.258 e. The first-order valence-corrected chi connectivity index (χ1v) is 4.41. The zero-order valence-corrected chi connectivity index (χ0v) is 7.56. The molecule has 1 aromatic heterocycles. The second-order valence-electron chi connectivity index (χ2n) is 2.15. The van der Waals surface area contributed by atoms with Crippen molar-refractivity contribution >= 4 is 29.0 Å². The number of nitrogens with zero attached hydrogens (tertiary/aromatic N) is 1. The van der Waals surface area contributed by atoms with Crippen LogP contribution >= 0.6 is 24.0 Å². The Morgan fingerprint density at radius 1 is 1.82 bits per heavy atom. The maximum absolute atomic E-state index is 10.2. The van der Waals surface area contributed by atoms with Gasteiger partial charge >= 0.3 is 5.00 Å². The first-order valence-electron chi connectivity index (χ1n) is 3.02. The SMILES string of the molecule is CC(S)c1csc([N+](=O)[O-])c1. The molecule has 0 aliphatic rings. The van der Waals surface area contributed by atoms with E-state index < -0.39 is 0 Å². The number of hydrogen-bond donors (Lipinski definition) is 1. The fraction of sp³-hybridized carbons (Fsp3) is 0.333. The molecule has 0 spiro atoms. The Hall–Kier alpha value is -0.550. The van der Waals surface area contributed by atoms with Gasteiger partial charge in [-0.05, 0) is 12.5 Å². The summed E-state index contributed by atoms with van der Waals surface area (Å²) < 4.78 is 0. The second-order valence-corrected chi connectivity index (χ2v) is 3.82. The average molecular weight is 189 g/mol. The summed E-state index contributed by atoms with van der Waals surface area (Å²) in [4.78, 5) is 9.84. The van der Waals surface area contributed by atoms with E-state index in [1.165, 1.54) is 0 Å². The Morgan fingerprint density at radius 3 is 2.73 bits per heavy atom. The highest BCUT2D eigenvalue weighted by Crippen LogP contribution is 2.29. The Kier molecular flexibility index (Phi) is 2.51. The van der Waals surface area contributed by atoms with Gasteiger partial charge in [0.1, 0.15) is 0 Å². The number of thiol groups is 1. The van der Waals surface area contributed by atoms with Crippen LogP contribution in [0.15, 0.2) is 11.4 Å². The molecule has 1 rings (SSSR count). The van der Waals surface area contributed by atoms with Crippen LogP contribution < -0.4 is 0 Å². The summed E-state index contributed by atoms with van der Waals surface area (Å²) in [6, 6.07) is 1.56. The van der Waals surface area contributed by atoms with Crippen LogP contribution in [-0.4, -0.2) is 4.92 Å². The minimum atomic E-state index is -0.385. The van der Waals surface area contributed by atoms with Gasteiger partial charge in [-0.2, -0.15) is 12.6 Å². The Morgan fingerprint density at radius 2 is 2.45 bits per heavy atom. The molecular formula is C6H7NO2S2. The van der Waals surface area contributed by atoms with Gasteiger partial charge < -0.3 is 0 Å². The fourth-order valence-electron chi connectivity index (χ4n) is 0.654. The van der Waals surface area contributed by atoms with E-state index in [9.17, 15) is 10.1 Å². The topological polar surface area (TPSA) is 43.1 Å². The normalized spacial score (nSPS) is 12.9. The van der Waals surface area contributed by atoms with Crippen LogP contribution in [0.25, 0.3) is 0 Å². The lowest BCUT2D eigenvalue weighted by atomic mass is 10.3. The molecule has 60 valence electrons. The third-order valence-electron chi connectivity index (χ3n) is 1.27. The van der Waals surface area contributed by atoms with E-state index in [2.05, 4.69) is 12.6 Å².